The first-order valence-electron chi connectivity index (χ1n) is 6.98. The number of aliphatic hydroxyl groups excluding tert-OH is 1. The fraction of sp³-hybridized carbons (Fsp3) is 0.500. The Morgan fingerprint density at radius 2 is 2.25 bits per heavy atom. The van der Waals surface area contributed by atoms with E-state index in [1.54, 1.807) is 18.2 Å². The molecule has 0 saturated carbocycles. The van der Waals surface area contributed by atoms with Crippen molar-refractivity contribution in [3.63, 3.8) is 0 Å². The lowest BCUT2D eigenvalue weighted by Gasteiger charge is -2.32. The van der Waals surface area contributed by atoms with Gasteiger partial charge in [0.05, 0.1) is 0 Å². The van der Waals surface area contributed by atoms with Crippen LogP contribution < -0.4 is 0 Å². The van der Waals surface area contributed by atoms with Gasteiger partial charge in [0.25, 0.3) is 5.91 Å². The Morgan fingerprint density at radius 1 is 1.40 bits per heavy atom. The number of benzene rings is 1. The normalized spacial score (nSPS) is 19.4. The Kier molecular flexibility index (Phi) is 3.64. The Hall–Kier alpha value is -1.95. The smallest absolute Gasteiger partial charge is 0.253 e. The molecule has 1 fully saturated rings. The number of piperidine rings is 1. The van der Waals surface area contributed by atoms with E-state index in [9.17, 15) is 4.79 Å². The highest BCUT2D eigenvalue weighted by Crippen LogP contribution is 2.21. The van der Waals surface area contributed by atoms with E-state index in [4.69, 9.17) is 5.11 Å². The zero-order chi connectivity index (χ0) is 13.9. The standard InChI is InChI=1S/C14H18N4O2/c19-7-5-10-2-1-6-18(9-10)14(20)11-3-4-12-13(8-11)16-17-15-12/h3-4,8,10,19H,1-2,5-7,9H2,(H,15,16,17). The number of amides is 1. The molecule has 2 N–H and O–H groups in total. The molecule has 20 heavy (non-hydrogen) atoms. The molecule has 0 spiro atoms. The van der Waals surface area contributed by atoms with E-state index in [0.29, 0.717) is 17.0 Å². The number of likely N-dealkylation sites (tertiary alicyclic amines) is 1. The van der Waals surface area contributed by atoms with Crippen LogP contribution in [0.15, 0.2) is 18.2 Å². The van der Waals surface area contributed by atoms with Crippen molar-refractivity contribution in [2.45, 2.75) is 19.3 Å². The molecule has 1 aromatic heterocycles. The number of aromatic nitrogens is 3. The summed E-state index contributed by atoms with van der Waals surface area (Å²) in [5.74, 6) is 0.450. The molecule has 6 nitrogen and oxygen atoms in total. The molecule has 1 aliphatic heterocycles. The Labute approximate surface area is 116 Å². The van der Waals surface area contributed by atoms with Gasteiger partial charge in [-0.1, -0.05) is 0 Å². The van der Waals surface area contributed by atoms with E-state index in [2.05, 4.69) is 15.4 Å². The maximum atomic E-state index is 12.5. The minimum atomic E-state index is 0.0394. The molecular formula is C14H18N4O2. The molecule has 1 aliphatic rings. The molecule has 2 heterocycles. The average molecular weight is 274 g/mol. The molecular weight excluding hydrogens is 256 g/mol. The number of nitrogens with zero attached hydrogens (tertiary/aromatic N) is 3. The lowest BCUT2D eigenvalue weighted by molar-refractivity contribution is 0.0654. The van der Waals surface area contributed by atoms with Crippen LogP contribution >= 0.6 is 0 Å². The summed E-state index contributed by atoms with van der Waals surface area (Å²) in [6.07, 6.45) is 2.86. The molecule has 3 rings (SSSR count). The minimum Gasteiger partial charge on any atom is -0.396 e. The highest BCUT2D eigenvalue weighted by atomic mass is 16.3. The molecule has 6 heteroatoms. The van der Waals surface area contributed by atoms with Gasteiger partial charge in [0, 0.05) is 25.3 Å². The lowest BCUT2D eigenvalue weighted by atomic mass is 9.94. The minimum absolute atomic E-state index is 0.0394. The summed E-state index contributed by atoms with van der Waals surface area (Å²) in [6, 6.07) is 5.38. The van der Waals surface area contributed by atoms with Crippen LogP contribution in [0.5, 0.6) is 0 Å². The third kappa shape index (κ3) is 2.51. The zero-order valence-electron chi connectivity index (χ0n) is 11.2. The Balaban J connectivity index is 1.77. The first-order valence-corrected chi connectivity index (χ1v) is 6.98. The maximum Gasteiger partial charge on any atom is 0.253 e. The molecule has 1 atom stereocenters. The third-order valence-electron chi connectivity index (χ3n) is 3.91. The second-order valence-corrected chi connectivity index (χ2v) is 5.30. The molecule has 2 aromatic rings. The second-order valence-electron chi connectivity index (χ2n) is 5.30. The van der Waals surface area contributed by atoms with E-state index in [-0.39, 0.29) is 12.5 Å². The summed E-state index contributed by atoms with van der Waals surface area (Å²) >= 11 is 0. The number of carbonyl (C=O) groups excluding carboxylic acids is 1. The van der Waals surface area contributed by atoms with Crippen LogP contribution in [0.4, 0.5) is 0 Å². The summed E-state index contributed by atoms with van der Waals surface area (Å²) in [4.78, 5) is 14.4. The topological polar surface area (TPSA) is 82.1 Å². The van der Waals surface area contributed by atoms with Gasteiger partial charge in [-0.3, -0.25) is 4.79 Å². The van der Waals surface area contributed by atoms with E-state index >= 15 is 0 Å². The van der Waals surface area contributed by atoms with Crippen molar-refractivity contribution in [1.82, 2.24) is 20.3 Å². The van der Waals surface area contributed by atoms with E-state index < -0.39 is 0 Å². The van der Waals surface area contributed by atoms with Crippen LogP contribution in [0.2, 0.25) is 0 Å². The molecule has 0 aliphatic carbocycles. The lowest BCUT2D eigenvalue weighted by Crippen LogP contribution is -2.40. The van der Waals surface area contributed by atoms with Crippen molar-refractivity contribution in [2.24, 2.45) is 5.92 Å². The SMILES string of the molecule is O=C(c1ccc2n[nH]nc2c1)N1CCCC(CCO)C1. The monoisotopic (exact) mass is 274 g/mol. The predicted molar refractivity (Wildman–Crippen MR) is 74.2 cm³/mol. The van der Waals surface area contributed by atoms with Gasteiger partial charge < -0.3 is 10.0 Å². The fourth-order valence-electron chi connectivity index (χ4n) is 2.82. The van der Waals surface area contributed by atoms with Gasteiger partial charge >= 0.3 is 0 Å². The molecule has 1 aromatic carbocycles. The van der Waals surface area contributed by atoms with Crippen LogP contribution in [0.3, 0.4) is 0 Å². The van der Waals surface area contributed by atoms with Crippen LogP contribution in [-0.2, 0) is 0 Å². The molecule has 106 valence electrons. The molecule has 1 saturated heterocycles. The van der Waals surface area contributed by atoms with Gasteiger partial charge in [0.1, 0.15) is 11.0 Å². The van der Waals surface area contributed by atoms with Gasteiger partial charge in [0.2, 0.25) is 0 Å². The largest absolute Gasteiger partial charge is 0.396 e. The summed E-state index contributed by atoms with van der Waals surface area (Å²) < 4.78 is 0. The molecule has 0 bridgehead atoms. The van der Waals surface area contributed by atoms with Crippen molar-refractivity contribution in [1.29, 1.82) is 0 Å². The molecule has 1 amide bonds. The summed E-state index contributed by atoms with van der Waals surface area (Å²) in [6.45, 7) is 1.71. The molecule has 1 unspecified atom stereocenters. The van der Waals surface area contributed by atoms with Gasteiger partial charge in [-0.05, 0) is 43.4 Å². The quantitative estimate of drug-likeness (QED) is 0.881. The van der Waals surface area contributed by atoms with E-state index in [1.165, 1.54) is 0 Å². The van der Waals surface area contributed by atoms with Crippen LogP contribution in [0.25, 0.3) is 11.0 Å². The number of aliphatic hydroxyl groups is 1. The van der Waals surface area contributed by atoms with Crippen molar-refractivity contribution in [2.75, 3.05) is 19.7 Å². The number of aromatic amines is 1. The Morgan fingerprint density at radius 3 is 3.10 bits per heavy atom. The highest BCUT2D eigenvalue weighted by Gasteiger charge is 2.24. The van der Waals surface area contributed by atoms with Crippen LogP contribution in [0.1, 0.15) is 29.6 Å². The summed E-state index contributed by atoms with van der Waals surface area (Å²) in [5, 5.41) is 19.6. The van der Waals surface area contributed by atoms with Crippen LogP contribution in [0, 0.1) is 5.92 Å². The fourth-order valence-corrected chi connectivity index (χ4v) is 2.82. The van der Waals surface area contributed by atoms with E-state index in [1.807, 2.05) is 4.90 Å². The maximum absolute atomic E-state index is 12.5. The number of nitrogens with one attached hydrogen (secondary N) is 1. The number of H-pyrrole nitrogens is 1. The number of hydrogen-bond donors (Lipinski definition) is 2. The predicted octanol–water partition coefficient (Wildman–Crippen LogP) is 1.19. The van der Waals surface area contributed by atoms with Gasteiger partial charge in [-0.15, -0.1) is 0 Å². The van der Waals surface area contributed by atoms with Gasteiger partial charge in [-0.25, -0.2) is 0 Å². The number of carbonyl (C=O) groups is 1. The van der Waals surface area contributed by atoms with Gasteiger partial charge in [0.15, 0.2) is 0 Å². The van der Waals surface area contributed by atoms with Crippen molar-refractivity contribution >= 4 is 16.9 Å². The van der Waals surface area contributed by atoms with E-state index in [0.717, 1.165) is 37.9 Å². The zero-order valence-corrected chi connectivity index (χ0v) is 11.2. The Bertz CT molecular complexity index is 608. The number of rotatable bonds is 3. The van der Waals surface area contributed by atoms with Crippen molar-refractivity contribution in [3.05, 3.63) is 23.8 Å². The van der Waals surface area contributed by atoms with Crippen molar-refractivity contribution < 1.29 is 9.90 Å². The van der Waals surface area contributed by atoms with Crippen molar-refractivity contribution in [3.8, 4) is 0 Å². The number of fused-ring (bicyclic) bond motifs is 1. The number of hydrogen-bond acceptors (Lipinski definition) is 4. The van der Waals surface area contributed by atoms with Gasteiger partial charge in [-0.2, -0.15) is 15.4 Å². The third-order valence-corrected chi connectivity index (χ3v) is 3.91. The summed E-state index contributed by atoms with van der Waals surface area (Å²) in [7, 11) is 0. The average Bonchev–Trinajstić information content (AvgIpc) is 2.94. The first-order chi connectivity index (χ1) is 9.78. The van der Waals surface area contributed by atoms with Crippen LogP contribution in [-0.4, -0.2) is 51.0 Å². The first kappa shape index (κ1) is 13.1. The summed E-state index contributed by atoms with van der Waals surface area (Å²) in [5.41, 5.74) is 2.12. The molecule has 0 radical (unpaired) electrons. The highest BCUT2D eigenvalue weighted by molar-refractivity contribution is 5.97. The second kappa shape index (κ2) is 5.58.